The Balaban J connectivity index is 2.04. The van der Waals surface area contributed by atoms with E-state index in [1.807, 2.05) is 6.07 Å². The van der Waals surface area contributed by atoms with E-state index in [4.69, 9.17) is 16.9 Å². The molecule has 97 valence electrons. The Bertz CT molecular complexity index is 675. The van der Waals surface area contributed by atoms with Crippen molar-refractivity contribution in [2.24, 2.45) is 0 Å². The van der Waals surface area contributed by atoms with E-state index >= 15 is 0 Å². The average Bonchev–Trinajstić information content (AvgIpc) is 2.94. The van der Waals surface area contributed by atoms with Crippen LogP contribution < -0.4 is 5.73 Å². The van der Waals surface area contributed by atoms with Gasteiger partial charge < -0.3 is 15.6 Å². The van der Waals surface area contributed by atoms with E-state index in [0.29, 0.717) is 17.8 Å². The lowest BCUT2D eigenvalue weighted by molar-refractivity contribution is -0.0122. The molecule has 0 bridgehead atoms. The van der Waals surface area contributed by atoms with Crippen LogP contribution in [-0.4, -0.2) is 31.4 Å². The molecule has 0 amide bonds. The lowest BCUT2D eigenvalue weighted by Gasteiger charge is -2.20. The third-order valence-corrected chi connectivity index (χ3v) is 3.41. The molecule has 2 aromatic rings. The second-order valence-electron chi connectivity index (χ2n) is 4.59. The van der Waals surface area contributed by atoms with Crippen LogP contribution in [-0.2, 0) is 4.74 Å². The highest BCUT2D eigenvalue weighted by Gasteiger charge is 2.44. The zero-order valence-electron chi connectivity index (χ0n) is 10.2. The first-order chi connectivity index (χ1) is 9.05. The first-order valence-corrected chi connectivity index (χ1v) is 5.82. The van der Waals surface area contributed by atoms with Crippen molar-refractivity contribution in [1.29, 1.82) is 0 Å². The molecule has 6 heteroatoms. The molecule has 0 spiro atoms. The molecule has 1 fully saturated rings. The number of hydrogen-bond acceptors (Lipinski definition) is 5. The summed E-state index contributed by atoms with van der Waals surface area (Å²) in [7, 11) is 0. The maximum Gasteiger partial charge on any atom is 0.155 e. The summed E-state index contributed by atoms with van der Waals surface area (Å²) < 4.78 is 7.32. The molecular formula is C13H13N4O2. The fraction of sp³-hybridized carbons (Fsp3) is 0.308. The third-order valence-electron chi connectivity index (χ3n) is 3.41. The molecule has 1 saturated heterocycles. The number of anilines is 1. The number of hydrogen-bond donors (Lipinski definition) is 2. The molecule has 6 nitrogen and oxygen atoms in total. The fourth-order valence-electron chi connectivity index (χ4n) is 2.30. The highest BCUT2D eigenvalue weighted by molar-refractivity contribution is 5.65. The van der Waals surface area contributed by atoms with E-state index in [0.717, 1.165) is 5.69 Å². The van der Waals surface area contributed by atoms with Crippen LogP contribution in [0.25, 0.3) is 5.52 Å². The van der Waals surface area contributed by atoms with Crippen molar-refractivity contribution in [2.45, 2.75) is 24.2 Å². The average molecular weight is 257 g/mol. The van der Waals surface area contributed by atoms with Crippen molar-refractivity contribution in [3.63, 3.8) is 0 Å². The van der Waals surface area contributed by atoms with Crippen molar-refractivity contribution in [2.75, 3.05) is 5.73 Å². The molecule has 2 aromatic heterocycles. The third kappa shape index (κ3) is 1.67. The van der Waals surface area contributed by atoms with E-state index in [1.165, 1.54) is 6.33 Å². The molecule has 1 aliphatic rings. The predicted molar refractivity (Wildman–Crippen MR) is 68.8 cm³/mol. The van der Waals surface area contributed by atoms with E-state index < -0.39 is 11.7 Å². The quantitative estimate of drug-likeness (QED) is 0.719. The lowest BCUT2D eigenvalue weighted by atomic mass is 9.99. The first-order valence-electron chi connectivity index (χ1n) is 5.82. The Morgan fingerprint density at radius 2 is 2.42 bits per heavy atom. The van der Waals surface area contributed by atoms with Crippen molar-refractivity contribution >= 4 is 11.3 Å². The van der Waals surface area contributed by atoms with Crippen LogP contribution in [0.5, 0.6) is 0 Å². The number of aliphatic hydroxyl groups is 1. The molecule has 2 unspecified atom stereocenters. The minimum Gasteiger partial charge on any atom is -0.389 e. The number of terminal acetylenes is 1. The summed E-state index contributed by atoms with van der Waals surface area (Å²) in [5.41, 5.74) is 6.01. The summed E-state index contributed by atoms with van der Waals surface area (Å²) in [6.07, 6.45) is 5.91. The smallest absolute Gasteiger partial charge is 0.155 e. The van der Waals surface area contributed by atoms with Crippen molar-refractivity contribution < 1.29 is 9.84 Å². The number of nitrogen functional groups attached to an aromatic ring is 1. The molecule has 19 heavy (non-hydrogen) atoms. The van der Waals surface area contributed by atoms with Crippen molar-refractivity contribution in [3.05, 3.63) is 31.1 Å². The molecule has 0 aliphatic carbocycles. The van der Waals surface area contributed by atoms with Gasteiger partial charge in [-0.15, -0.1) is 6.42 Å². The molecule has 0 saturated carbocycles. The van der Waals surface area contributed by atoms with Gasteiger partial charge in [0.1, 0.15) is 17.9 Å². The highest BCUT2D eigenvalue weighted by atomic mass is 16.5. The summed E-state index contributed by atoms with van der Waals surface area (Å²) >= 11 is 0. The molecule has 1 radical (unpaired) electrons. The Morgan fingerprint density at radius 1 is 1.63 bits per heavy atom. The van der Waals surface area contributed by atoms with Crippen LogP contribution in [0, 0.1) is 19.3 Å². The maximum atomic E-state index is 9.95. The molecule has 3 rings (SSSR count). The number of nitrogens with zero attached hydrogens (tertiary/aromatic N) is 3. The standard InChI is InChI=1S/C13H13N4O2/c1-3-13(2)11(18)6-10(19-13)8-4-5-9-12(14)15-7-16-17(8)9/h1,4-5,7,10-11,18H,2,6H2,(H2,14,15,16)/t10?,11?,13-/m1/s1. The predicted octanol–water partition coefficient (Wildman–Crippen LogP) is 0.340. The van der Waals surface area contributed by atoms with E-state index in [-0.39, 0.29) is 6.10 Å². The van der Waals surface area contributed by atoms with E-state index in [1.54, 1.807) is 10.6 Å². The number of nitrogens with two attached hydrogens (primary N) is 1. The second-order valence-corrected chi connectivity index (χ2v) is 4.59. The summed E-state index contributed by atoms with van der Waals surface area (Å²) in [4.78, 5) is 3.92. The number of fused-ring (bicyclic) bond motifs is 1. The second kappa shape index (κ2) is 3.95. The van der Waals surface area contributed by atoms with Crippen LogP contribution >= 0.6 is 0 Å². The molecule has 1 aliphatic heterocycles. The number of aliphatic hydroxyl groups excluding tert-OH is 1. The molecule has 3 N–H and O–H groups in total. The van der Waals surface area contributed by atoms with E-state index in [9.17, 15) is 5.11 Å². The number of rotatable bonds is 1. The largest absolute Gasteiger partial charge is 0.389 e. The lowest BCUT2D eigenvalue weighted by Crippen LogP contribution is -2.34. The summed E-state index contributed by atoms with van der Waals surface area (Å²) in [6, 6.07) is 3.64. The van der Waals surface area contributed by atoms with Gasteiger partial charge in [0.15, 0.2) is 11.4 Å². The number of aromatic nitrogens is 3. The van der Waals surface area contributed by atoms with Gasteiger partial charge in [0.05, 0.1) is 11.8 Å². The Morgan fingerprint density at radius 3 is 3.11 bits per heavy atom. The van der Waals surface area contributed by atoms with Gasteiger partial charge in [0.2, 0.25) is 0 Å². The van der Waals surface area contributed by atoms with Gasteiger partial charge >= 0.3 is 0 Å². The van der Waals surface area contributed by atoms with Crippen molar-refractivity contribution in [3.8, 4) is 12.3 Å². The first kappa shape index (κ1) is 12.0. The fourth-order valence-corrected chi connectivity index (χ4v) is 2.30. The van der Waals surface area contributed by atoms with Crippen LogP contribution in [0.4, 0.5) is 5.82 Å². The van der Waals surface area contributed by atoms with Gasteiger partial charge in [-0.3, -0.25) is 0 Å². The highest BCUT2D eigenvalue weighted by Crippen LogP contribution is 2.39. The Hall–Kier alpha value is -2.10. The minimum absolute atomic E-state index is 0.365. The van der Waals surface area contributed by atoms with E-state index in [2.05, 4.69) is 22.9 Å². The topological polar surface area (TPSA) is 85.7 Å². The normalized spacial score (nSPS) is 30.6. The summed E-state index contributed by atoms with van der Waals surface area (Å²) in [5, 5.41) is 14.1. The van der Waals surface area contributed by atoms with Gasteiger partial charge in [-0.25, -0.2) is 9.50 Å². The van der Waals surface area contributed by atoms with Crippen LogP contribution in [0.3, 0.4) is 0 Å². The maximum absolute atomic E-state index is 9.95. The van der Waals surface area contributed by atoms with Gasteiger partial charge in [-0.1, -0.05) is 5.92 Å². The minimum atomic E-state index is -1.21. The van der Waals surface area contributed by atoms with Crippen molar-refractivity contribution in [1.82, 2.24) is 14.6 Å². The van der Waals surface area contributed by atoms with Crippen LogP contribution in [0.1, 0.15) is 18.2 Å². The monoisotopic (exact) mass is 257 g/mol. The summed E-state index contributed by atoms with van der Waals surface area (Å²) in [6.45, 7) is 3.75. The van der Waals surface area contributed by atoms with Gasteiger partial charge in [-0.05, 0) is 19.1 Å². The zero-order chi connectivity index (χ0) is 13.6. The molecule has 3 heterocycles. The van der Waals surface area contributed by atoms with Gasteiger partial charge in [-0.2, -0.15) is 5.10 Å². The number of ether oxygens (including phenoxy) is 1. The molecule has 0 aromatic carbocycles. The molecular weight excluding hydrogens is 244 g/mol. The summed E-state index contributed by atoms with van der Waals surface area (Å²) in [5.74, 6) is 2.78. The zero-order valence-corrected chi connectivity index (χ0v) is 10.2. The Kier molecular flexibility index (Phi) is 2.49. The van der Waals surface area contributed by atoms with Crippen LogP contribution in [0.2, 0.25) is 0 Å². The van der Waals surface area contributed by atoms with Crippen LogP contribution in [0.15, 0.2) is 18.5 Å². The van der Waals surface area contributed by atoms with Gasteiger partial charge in [0.25, 0.3) is 0 Å². The van der Waals surface area contributed by atoms with Gasteiger partial charge in [0, 0.05) is 6.42 Å². The molecule has 3 atom stereocenters. The Labute approximate surface area is 110 Å². The SMILES string of the molecule is C#C[C@@]1([CH2])OC(c2ccc3c(N)ncnn23)CC1O.